The van der Waals surface area contributed by atoms with E-state index in [4.69, 9.17) is 0 Å². The summed E-state index contributed by atoms with van der Waals surface area (Å²) < 4.78 is 0. The second kappa shape index (κ2) is 4.05. The minimum Gasteiger partial charge on any atom is -0.314 e. The summed E-state index contributed by atoms with van der Waals surface area (Å²) in [6, 6.07) is 9.54. The van der Waals surface area contributed by atoms with E-state index >= 15 is 0 Å². The van der Waals surface area contributed by atoms with Gasteiger partial charge in [0.2, 0.25) is 5.91 Å². The summed E-state index contributed by atoms with van der Waals surface area (Å²) in [5, 5.41) is 9.27. The maximum absolute atomic E-state index is 12.9. The van der Waals surface area contributed by atoms with Gasteiger partial charge in [0.15, 0.2) is 5.78 Å². The quantitative estimate of drug-likeness (QED) is 0.733. The van der Waals surface area contributed by atoms with Crippen LogP contribution in [-0.4, -0.2) is 18.7 Å². The average Bonchev–Trinajstić information content (AvgIpc) is 2.66. The molecule has 0 fully saturated rings. The molecule has 1 aromatic rings. The lowest BCUT2D eigenvalue weighted by Gasteiger charge is -2.37. The first kappa shape index (κ1) is 13.6. The molecule has 1 atom stereocenters. The minimum absolute atomic E-state index is 0.0722. The smallest absolute Gasteiger partial charge is 0.241 e. The number of hydrogen-bond donors (Lipinski definition) is 0. The number of ketones is 1. The minimum atomic E-state index is -0.895. The van der Waals surface area contributed by atoms with Crippen LogP contribution >= 0.6 is 0 Å². The van der Waals surface area contributed by atoms with Crippen molar-refractivity contribution in [2.45, 2.75) is 25.7 Å². The Hall–Kier alpha value is -2.41. The van der Waals surface area contributed by atoms with Gasteiger partial charge < -0.3 is 4.90 Å². The van der Waals surface area contributed by atoms with Gasteiger partial charge in [-0.3, -0.25) is 9.59 Å². The Bertz CT molecular complexity index is 739. The molecule has 1 spiro atoms. The Morgan fingerprint density at radius 2 is 1.90 bits per heavy atom. The van der Waals surface area contributed by atoms with Gasteiger partial charge in [-0.05, 0) is 24.1 Å². The zero-order valence-electron chi connectivity index (χ0n) is 12.3. The lowest BCUT2D eigenvalue weighted by molar-refractivity contribution is -0.128. The number of fused-ring (bicyclic) bond motifs is 2. The fourth-order valence-electron chi connectivity index (χ4n) is 3.57. The molecule has 1 amide bonds. The van der Waals surface area contributed by atoms with Gasteiger partial charge >= 0.3 is 0 Å². The first-order valence-corrected chi connectivity index (χ1v) is 6.89. The second-order valence-corrected chi connectivity index (χ2v) is 6.41. The summed E-state index contributed by atoms with van der Waals surface area (Å²) in [7, 11) is 1.74. The molecule has 0 radical (unpaired) electrons. The van der Waals surface area contributed by atoms with Gasteiger partial charge in [0.05, 0.1) is 11.0 Å². The molecule has 1 unspecified atom stereocenters. The van der Waals surface area contributed by atoms with Gasteiger partial charge in [0.1, 0.15) is 6.07 Å². The highest BCUT2D eigenvalue weighted by molar-refractivity contribution is 6.13. The molecule has 1 heterocycles. The zero-order chi connectivity index (χ0) is 15.4. The van der Waals surface area contributed by atoms with Crippen molar-refractivity contribution in [1.29, 1.82) is 5.26 Å². The Morgan fingerprint density at radius 1 is 1.24 bits per heavy atom. The molecule has 4 heteroatoms. The number of carbonyl (C=O) groups is 2. The van der Waals surface area contributed by atoms with Crippen LogP contribution < -0.4 is 4.90 Å². The molecule has 21 heavy (non-hydrogen) atoms. The summed E-state index contributed by atoms with van der Waals surface area (Å²) in [6.45, 7) is 3.60. The Balaban J connectivity index is 2.32. The normalized spacial score (nSPS) is 26.6. The molecular weight excluding hydrogens is 264 g/mol. The van der Waals surface area contributed by atoms with Crippen LogP contribution in [0, 0.1) is 16.7 Å². The number of carbonyl (C=O) groups excluding carboxylic acids is 2. The van der Waals surface area contributed by atoms with Crippen molar-refractivity contribution in [3.8, 4) is 6.07 Å². The van der Waals surface area contributed by atoms with Crippen LogP contribution in [0.3, 0.4) is 0 Å². The number of anilines is 1. The monoisotopic (exact) mass is 280 g/mol. The van der Waals surface area contributed by atoms with E-state index in [1.807, 2.05) is 30.3 Å². The van der Waals surface area contributed by atoms with Crippen molar-refractivity contribution >= 4 is 17.4 Å². The summed E-state index contributed by atoms with van der Waals surface area (Å²) in [6.07, 6.45) is 1.97. The van der Waals surface area contributed by atoms with Crippen molar-refractivity contribution in [1.82, 2.24) is 0 Å². The highest BCUT2D eigenvalue weighted by atomic mass is 16.2. The number of hydrogen-bond acceptors (Lipinski definition) is 3. The summed E-state index contributed by atoms with van der Waals surface area (Å²) in [5.41, 5.74) is 0.193. The highest BCUT2D eigenvalue weighted by Crippen LogP contribution is 2.51. The maximum atomic E-state index is 12.9. The van der Waals surface area contributed by atoms with Gasteiger partial charge in [-0.1, -0.05) is 32.0 Å². The van der Waals surface area contributed by atoms with Crippen LogP contribution in [0.2, 0.25) is 0 Å². The summed E-state index contributed by atoms with van der Waals surface area (Å²) >= 11 is 0. The number of Topliss-reactive ketones (excluding diaryl/α,β-unsaturated/α-hetero) is 1. The van der Waals surface area contributed by atoms with Gasteiger partial charge in [0, 0.05) is 18.2 Å². The number of nitrogens with zero attached hydrogens (tertiary/aromatic N) is 2. The molecule has 3 rings (SSSR count). The molecular formula is C17H16N2O2. The molecule has 0 bridgehead atoms. The number of nitriles is 1. The third kappa shape index (κ3) is 1.61. The average molecular weight is 280 g/mol. The van der Waals surface area contributed by atoms with Crippen LogP contribution in [0.25, 0.3) is 0 Å². The molecule has 1 aliphatic heterocycles. The molecule has 1 aromatic carbocycles. The van der Waals surface area contributed by atoms with E-state index in [1.54, 1.807) is 31.9 Å². The lowest BCUT2D eigenvalue weighted by atomic mass is 9.62. The van der Waals surface area contributed by atoms with Crippen LogP contribution in [0.1, 0.15) is 25.8 Å². The largest absolute Gasteiger partial charge is 0.314 e. The molecule has 0 saturated heterocycles. The Kier molecular flexibility index (Phi) is 2.61. The molecule has 106 valence electrons. The summed E-state index contributed by atoms with van der Waals surface area (Å²) in [5.74, 6) is -0.257. The number of amides is 1. The molecule has 0 N–H and O–H groups in total. The fraction of sp³-hybridized carbons (Fsp3) is 0.353. The van der Waals surface area contributed by atoms with E-state index < -0.39 is 10.8 Å². The zero-order valence-corrected chi connectivity index (χ0v) is 12.3. The third-order valence-corrected chi connectivity index (χ3v) is 4.52. The van der Waals surface area contributed by atoms with E-state index in [9.17, 15) is 14.9 Å². The van der Waals surface area contributed by atoms with Crippen molar-refractivity contribution in [2.24, 2.45) is 5.41 Å². The van der Waals surface area contributed by atoms with Crippen LogP contribution in [-0.2, 0) is 15.0 Å². The number of rotatable bonds is 0. The maximum Gasteiger partial charge on any atom is 0.241 e. The Morgan fingerprint density at radius 3 is 2.57 bits per heavy atom. The molecule has 4 nitrogen and oxygen atoms in total. The van der Waals surface area contributed by atoms with Crippen LogP contribution in [0.15, 0.2) is 35.9 Å². The standard InChI is InChI=1S/C17H16N2O2/c1-16(2)10-17(8-11(9-18)14(16)20)12-6-4-5-7-13(12)19(3)15(17)21/h4-8H,10H2,1-3H3. The topological polar surface area (TPSA) is 61.2 Å². The van der Waals surface area contributed by atoms with E-state index in [1.165, 1.54) is 0 Å². The predicted octanol–water partition coefficient (Wildman–Crippen LogP) is 2.35. The molecule has 1 aliphatic carbocycles. The SMILES string of the molecule is CN1C(=O)C2(C=C(C#N)C(=O)C(C)(C)C2)c2ccccc21. The van der Waals surface area contributed by atoms with Crippen molar-refractivity contribution in [3.05, 3.63) is 41.5 Å². The number of benzene rings is 1. The van der Waals surface area contributed by atoms with Gasteiger partial charge in [-0.2, -0.15) is 5.26 Å². The predicted molar refractivity (Wildman–Crippen MR) is 78.6 cm³/mol. The third-order valence-electron chi connectivity index (χ3n) is 4.52. The van der Waals surface area contributed by atoms with E-state index in [0.29, 0.717) is 6.42 Å². The van der Waals surface area contributed by atoms with E-state index in [-0.39, 0.29) is 17.3 Å². The van der Waals surface area contributed by atoms with Crippen molar-refractivity contribution in [2.75, 3.05) is 11.9 Å². The second-order valence-electron chi connectivity index (χ2n) is 6.41. The van der Waals surface area contributed by atoms with E-state index in [0.717, 1.165) is 11.3 Å². The molecule has 2 aliphatic rings. The van der Waals surface area contributed by atoms with Crippen LogP contribution in [0.5, 0.6) is 0 Å². The van der Waals surface area contributed by atoms with Gasteiger partial charge in [-0.25, -0.2) is 0 Å². The fourth-order valence-corrected chi connectivity index (χ4v) is 3.57. The number of likely N-dealkylation sites (N-methyl/N-ethyl adjacent to an activating group) is 1. The van der Waals surface area contributed by atoms with E-state index in [2.05, 4.69) is 0 Å². The van der Waals surface area contributed by atoms with Crippen LogP contribution in [0.4, 0.5) is 5.69 Å². The van der Waals surface area contributed by atoms with Crippen molar-refractivity contribution < 1.29 is 9.59 Å². The number of para-hydroxylation sites is 1. The van der Waals surface area contributed by atoms with Gasteiger partial charge in [0.25, 0.3) is 0 Å². The summed E-state index contributed by atoms with van der Waals surface area (Å²) in [4.78, 5) is 26.8. The highest BCUT2D eigenvalue weighted by Gasteiger charge is 2.55. The van der Waals surface area contributed by atoms with Crippen molar-refractivity contribution in [3.63, 3.8) is 0 Å². The first-order valence-electron chi connectivity index (χ1n) is 6.89. The molecule has 0 saturated carbocycles. The number of allylic oxidation sites excluding steroid dienone is 1. The Labute approximate surface area is 123 Å². The molecule has 0 aromatic heterocycles. The lowest BCUT2D eigenvalue weighted by Crippen LogP contribution is -2.46. The van der Waals surface area contributed by atoms with Gasteiger partial charge in [-0.15, -0.1) is 0 Å². The first-order chi connectivity index (χ1) is 9.83.